The van der Waals surface area contributed by atoms with Crippen molar-refractivity contribution in [3.8, 4) is 0 Å². The minimum absolute atomic E-state index is 0.187. The summed E-state index contributed by atoms with van der Waals surface area (Å²) < 4.78 is 14.0. The number of urea groups is 1. The van der Waals surface area contributed by atoms with Gasteiger partial charge in [0, 0.05) is 36.3 Å². The first-order valence-corrected chi connectivity index (χ1v) is 9.76. The van der Waals surface area contributed by atoms with Crippen molar-refractivity contribution < 1.29 is 18.8 Å². The Labute approximate surface area is 171 Å². The first-order valence-electron chi connectivity index (χ1n) is 9.76. The summed E-state index contributed by atoms with van der Waals surface area (Å²) in [4.78, 5) is 39.8. The Balaban J connectivity index is 1.48. The first kappa shape index (κ1) is 18.3. The minimum atomic E-state index is -0.450. The lowest BCUT2D eigenvalue weighted by molar-refractivity contribution is -0.120. The van der Waals surface area contributed by atoms with Crippen LogP contribution in [0.2, 0.25) is 0 Å². The molecule has 150 valence electrons. The Morgan fingerprint density at radius 3 is 2.60 bits per heavy atom. The average molecular weight is 403 g/mol. The number of hydrogen-bond acceptors (Lipinski definition) is 3. The van der Waals surface area contributed by atoms with Gasteiger partial charge in [-0.2, -0.15) is 0 Å². The molecular formula is C23H18FN3O3. The largest absolute Gasteiger partial charge is 0.328 e. The number of anilines is 2. The number of benzene rings is 3. The van der Waals surface area contributed by atoms with Gasteiger partial charge in [-0.3, -0.25) is 19.8 Å². The molecule has 2 aliphatic heterocycles. The lowest BCUT2D eigenvalue weighted by atomic mass is 10.0. The Bertz CT molecular complexity index is 1220. The highest BCUT2D eigenvalue weighted by atomic mass is 19.1. The molecular weight excluding hydrogens is 385 g/mol. The highest BCUT2D eigenvalue weighted by Gasteiger charge is 2.28. The normalized spacial score (nSPS) is 16.0. The molecule has 1 N–H and O–H groups in total. The second-order valence-corrected chi connectivity index (χ2v) is 7.45. The van der Waals surface area contributed by atoms with Crippen LogP contribution in [-0.2, 0) is 11.2 Å². The number of hydrogen-bond donors (Lipinski definition) is 1. The molecule has 0 bridgehead atoms. The fourth-order valence-electron chi connectivity index (χ4n) is 4.10. The van der Waals surface area contributed by atoms with E-state index in [1.54, 1.807) is 29.2 Å². The Morgan fingerprint density at radius 2 is 1.77 bits per heavy atom. The molecule has 0 radical (unpaired) electrons. The number of fused-ring (bicyclic) bond motifs is 2. The van der Waals surface area contributed by atoms with E-state index in [4.69, 9.17) is 0 Å². The number of carbonyl (C=O) groups is 3. The van der Waals surface area contributed by atoms with E-state index in [2.05, 4.69) is 5.32 Å². The molecule has 4 amide bonds. The zero-order valence-electron chi connectivity index (χ0n) is 16.0. The van der Waals surface area contributed by atoms with Gasteiger partial charge < -0.3 is 4.90 Å². The molecule has 0 aliphatic carbocycles. The monoisotopic (exact) mass is 403 g/mol. The topological polar surface area (TPSA) is 69.7 Å². The maximum Gasteiger partial charge on any atom is 0.328 e. The third-order valence-electron chi connectivity index (χ3n) is 5.65. The zero-order valence-corrected chi connectivity index (χ0v) is 16.0. The first-order chi connectivity index (χ1) is 14.5. The lowest BCUT2D eigenvalue weighted by Gasteiger charge is -2.26. The molecule has 0 unspecified atom stereocenters. The van der Waals surface area contributed by atoms with E-state index in [0.717, 1.165) is 10.8 Å². The maximum absolute atomic E-state index is 14.0. The lowest BCUT2D eigenvalue weighted by Crippen LogP contribution is -2.49. The van der Waals surface area contributed by atoms with Crippen LogP contribution in [0.4, 0.5) is 20.6 Å². The van der Waals surface area contributed by atoms with Crippen molar-refractivity contribution in [1.29, 1.82) is 0 Å². The molecule has 0 saturated carbocycles. The quantitative estimate of drug-likeness (QED) is 0.711. The van der Waals surface area contributed by atoms with Gasteiger partial charge in [-0.15, -0.1) is 0 Å². The third-order valence-corrected chi connectivity index (χ3v) is 5.65. The van der Waals surface area contributed by atoms with Gasteiger partial charge in [0.2, 0.25) is 5.91 Å². The van der Waals surface area contributed by atoms with Gasteiger partial charge in [0.1, 0.15) is 5.82 Å². The summed E-state index contributed by atoms with van der Waals surface area (Å²) in [5, 5.41) is 4.05. The van der Waals surface area contributed by atoms with E-state index < -0.39 is 6.03 Å². The smallest absolute Gasteiger partial charge is 0.308 e. The molecule has 2 aliphatic rings. The van der Waals surface area contributed by atoms with Crippen molar-refractivity contribution in [2.45, 2.75) is 12.8 Å². The molecule has 3 aromatic carbocycles. The molecule has 2 heterocycles. The number of nitrogens with one attached hydrogen (secondary N) is 1. The number of carbonyl (C=O) groups excluding carboxylic acids is 3. The van der Waals surface area contributed by atoms with Crippen molar-refractivity contribution >= 4 is 40.0 Å². The van der Waals surface area contributed by atoms with Gasteiger partial charge in [0.25, 0.3) is 5.91 Å². The van der Waals surface area contributed by atoms with E-state index in [-0.39, 0.29) is 24.1 Å². The Hall–Kier alpha value is -3.74. The highest BCUT2D eigenvalue weighted by Crippen LogP contribution is 2.32. The van der Waals surface area contributed by atoms with Crippen LogP contribution >= 0.6 is 0 Å². The minimum Gasteiger partial charge on any atom is -0.308 e. The summed E-state index contributed by atoms with van der Waals surface area (Å²) >= 11 is 0. The number of imide groups is 1. The van der Waals surface area contributed by atoms with Crippen LogP contribution in [-0.4, -0.2) is 30.9 Å². The second kappa shape index (κ2) is 6.95. The van der Waals surface area contributed by atoms with Crippen molar-refractivity contribution in [1.82, 2.24) is 5.32 Å². The predicted octanol–water partition coefficient (Wildman–Crippen LogP) is 3.63. The number of halogens is 1. The second-order valence-electron chi connectivity index (χ2n) is 7.45. The summed E-state index contributed by atoms with van der Waals surface area (Å²) in [7, 11) is 0. The van der Waals surface area contributed by atoms with Crippen LogP contribution in [0.3, 0.4) is 0 Å². The SMILES string of the molecule is O=C1CCN(c2ccc3ccc(C(=O)N4CCc5c(F)cccc54)cc3c2)C(=O)N1. The van der Waals surface area contributed by atoms with E-state index in [1.165, 1.54) is 11.0 Å². The molecule has 7 heteroatoms. The van der Waals surface area contributed by atoms with Crippen molar-refractivity contribution in [2.24, 2.45) is 0 Å². The summed E-state index contributed by atoms with van der Waals surface area (Å²) in [5.74, 6) is -0.760. The molecule has 3 aromatic rings. The van der Waals surface area contributed by atoms with Crippen LogP contribution in [0, 0.1) is 5.82 Å². The average Bonchev–Trinajstić information content (AvgIpc) is 3.18. The fraction of sp³-hybridized carbons (Fsp3) is 0.174. The number of nitrogens with zero attached hydrogens (tertiary/aromatic N) is 2. The van der Waals surface area contributed by atoms with Crippen LogP contribution < -0.4 is 15.1 Å². The van der Waals surface area contributed by atoms with Gasteiger partial charge in [-0.05, 0) is 53.6 Å². The molecule has 0 aromatic heterocycles. The standard InChI is InChI=1S/C23H18FN3O3/c24-19-2-1-3-20-18(19)8-10-27(20)22(29)15-5-4-14-6-7-17(13-16(14)12-15)26-11-9-21(28)25-23(26)30/h1-7,12-13H,8-11H2,(H,25,28,30). The van der Waals surface area contributed by atoms with Crippen LogP contribution in [0.5, 0.6) is 0 Å². The van der Waals surface area contributed by atoms with Gasteiger partial charge in [0.05, 0.1) is 5.69 Å². The van der Waals surface area contributed by atoms with Crippen LogP contribution in [0.15, 0.2) is 54.6 Å². The molecule has 0 spiro atoms. The van der Waals surface area contributed by atoms with E-state index in [0.29, 0.717) is 42.0 Å². The van der Waals surface area contributed by atoms with Gasteiger partial charge in [-0.1, -0.05) is 18.2 Å². The van der Waals surface area contributed by atoms with E-state index >= 15 is 0 Å². The Kier molecular flexibility index (Phi) is 4.24. The number of rotatable bonds is 2. The molecule has 30 heavy (non-hydrogen) atoms. The summed E-state index contributed by atoms with van der Waals surface area (Å²) in [5.41, 5.74) is 2.34. The summed E-state index contributed by atoms with van der Waals surface area (Å²) in [6.07, 6.45) is 0.738. The van der Waals surface area contributed by atoms with Gasteiger partial charge in [-0.25, -0.2) is 9.18 Å². The van der Waals surface area contributed by atoms with Gasteiger partial charge >= 0.3 is 6.03 Å². The van der Waals surface area contributed by atoms with Crippen LogP contribution in [0.1, 0.15) is 22.3 Å². The maximum atomic E-state index is 14.0. The van der Waals surface area contributed by atoms with Crippen LogP contribution in [0.25, 0.3) is 10.8 Å². The Morgan fingerprint density at radius 1 is 0.933 bits per heavy atom. The van der Waals surface area contributed by atoms with E-state index in [1.807, 2.05) is 24.3 Å². The molecule has 6 nitrogen and oxygen atoms in total. The molecule has 5 rings (SSSR count). The zero-order chi connectivity index (χ0) is 20.8. The molecule has 0 atom stereocenters. The van der Waals surface area contributed by atoms with Crippen molar-refractivity contribution in [3.05, 3.63) is 71.5 Å². The highest BCUT2D eigenvalue weighted by molar-refractivity contribution is 6.10. The van der Waals surface area contributed by atoms with Gasteiger partial charge in [0.15, 0.2) is 0 Å². The summed E-state index contributed by atoms with van der Waals surface area (Å²) in [6.45, 7) is 0.750. The number of amides is 4. The predicted molar refractivity (Wildman–Crippen MR) is 111 cm³/mol. The molecule has 1 saturated heterocycles. The third kappa shape index (κ3) is 2.99. The van der Waals surface area contributed by atoms with E-state index in [9.17, 15) is 18.8 Å². The fourth-order valence-corrected chi connectivity index (χ4v) is 4.10. The molecule has 1 fully saturated rings. The van der Waals surface area contributed by atoms with Crippen molar-refractivity contribution in [3.63, 3.8) is 0 Å². The summed E-state index contributed by atoms with van der Waals surface area (Å²) in [6, 6.07) is 15.3. The van der Waals surface area contributed by atoms with Crippen molar-refractivity contribution in [2.75, 3.05) is 22.9 Å².